The van der Waals surface area contributed by atoms with Crippen LogP contribution in [-0.4, -0.2) is 10.9 Å². The Hall–Kier alpha value is -1.41. The molecule has 0 aliphatic rings. The third kappa shape index (κ3) is 3.64. The summed E-state index contributed by atoms with van der Waals surface area (Å²) in [5.41, 5.74) is 2.56. The number of oxazole rings is 1. The molecule has 4 nitrogen and oxygen atoms in total. The zero-order chi connectivity index (χ0) is 17.5. The number of carbonyl (C=O) groups is 1. The van der Waals surface area contributed by atoms with E-state index < -0.39 is 5.41 Å². The molecule has 0 spiro atoms. The van der Waals surface area contributed by atoms with Gasteiger partial charge in [0.15, 0.2) is 5.58 Å². The van der Waals surface area contributed by atoms with Crippen molar-refractivity contribution in [2.24, 2.45) is 5.41 Å². The van der Waals surface area contributed by atoms with Gasteiger partial charge in [0.25, 0.3) is 0 Å². The average Bonchev–Trinajstić information content (AvgIpc) is 2.91. The molecule has 0 aliphatic carbocycles. The minimum Gasteiger partial charge on any atom is -0.436 e. The smallest absolute Gasteiger partial charge is 0.229 e. The Bertz CT molecular complexity index is 928. The van der Waals surface area contributed by atoms with Crippen LogP contribution in [0.15, 0.2) is 45.3 Å². The van der Waals surface area contributed by atoms with E-state index >= 15 is 0 Å². The third-order valence-electron chi connectivity index (χ3n) is 3.49. The summed E-state index contributed by atoms with van der Waals surface area (Å²) in [6.07, 6.45) is 0. The van der Waals surface area contributed by atoms with Gasteiger partial charge in [-0.15, -0.1) is 0 Å². The summed E-state index contributed by atoms with van der Waals surface area (Å²) in [6, 6.07) is 11.5. The number of nitrogens with one attached hydrogen (secondary N) is 1. The number of rotatable bonds is 2. The molecule has 0 atom stereocenters. The molecule has 0 fully saturated rings. The van der Waals surface area contributed by atoms with Crippen molar-refractivity contribution < 1.29 is 9.21 Å². The molecule has 3 rings (SSSR count). The quantitative estimate of drug-likeness (QED) is 0.451. The average molecular weight is 499 g/mol. The van der Waals surface area contributed by atoms with Gasteiger partial charge in [-0.1, -0.05) is 20.8 Å². The van der Waals surface area contributed by atoms with Crippen LogP contribution in [0.1, 0.15) is 20.8 Å². The van der Waals surface area contributed by atoms with Crippen molar-refractivity contribution in [1.29, 1.82) is 0 Å². The number of hydrogen-bond donors (Lipinski definition) is 1. The summed E-state index contributed by atoms with van der Waals surface area (Å²) >= 11 is 5.79. The van der Waals surface area contributed by atoms with Crippen LogP contribution >= 0.6 is 38.5 Å². The second-order valence-electron chi connectivity index (χ2n) is 6.53. The van der Waals surface area contributed by atoms with Crippen molar-refractivity contribution >= 4 is 61.2 Å². The molecule has 0 radical (unpaired) electrons. The number of nitrogens with zero attached hydrogens (tertiary/aromatic N) is 1. The maximum atomic E-state index is 12.1. The predicted molar refractivity (Wildman–Crippen MR) is 108 cm³/mol. The first-order chi connectivity index (χ1) is 11.2. The molecule has 24 heavy (non-hydrogen) atoms. The fourth-order valence-corrected chi connectivity index (χ4v) is 3.01. The first-order valence-electron chi connectivity index (χ1n) is 7.41. The van der Waals surface area contributed by atoms with Crippen molar-refractivity contribution in [1.82, 2.24) is 4.98 Å². The first kappa shape index (κ1) is 17.4. The number of carbonyl (C=O) groups excluding carboxylic acids is 1. The normalized spacial score (nSPS) is 11.7. The molecular weight excluding hydrogens is 483 g/mol. The van der Waals surface area contributed by atoms with E-state index in [-0.39, 0.29) is 5.91 Å². The molecule has 0 aliphatic heterocycles. The molecule has 3 aromatic rings. The number of hydrogen-bond acceptors (Lipinski definition) is 3. The van der Waals surface area contributed by atoms with Crippen molar-refractivity contribution in [2.45, 2.75) is 20.8 Å². The highest BCUT2D eigenvalue weighted by Crippen LogP contribution is 2.32. The van der Waals surface area contributed by atoms with Gasteiger partial charge in [-0.2, -0.15) is 0 Å². The number of halogens is 2. The fourth-order valence-electron chi connectivity index (χ4n) is 2.10. The van der Waals surface area contributed by atoms with Crippen molar-refractivity contribution in [2.75, 3.05) is 5.32 Å². The van der Waals surface area contributed by atoms with E-state index in [1.165, 1.54) is 0 Å². The standard InChI is InChI=1S/C18H16BrIN2O2/c1-18(2,3)17(23)21-11-5-7-15-14(9-11)22-16(24-15)12-8-10(20)4-6-13(12)19/h4-9H,1-3H3,(H,21,23). The largest absolute Gasteiger partial charge is 0.436 e. The Balaban J connectivity index is 1.97. The molecule has 6 heteroatoms. The molecule has 1 N–H and O–H groups in total. The molecule has 0 saturated carbocycles. The van der Waals surface area contributed by atoms with Gasteiger partial charge in [-0.3, -0.25) is 4.79 Å². The number of amides is 1. The summed E-state index contributed by atoms with van der Waals surface area (Å²) in [7, 11) is 0. The molecule has 1 heterocycles. The van der Waals surface area contributed by atoms with E-state index in [0.29, 0.717) is 22.7 Å². The van der Waals surface area contributed by atoms with Gasteiger partial charge in [0.1, 0.15) is 5.52 Å². The minimum absolute atomic E-state index is 0.0362. The molecule has 124 valence electrons. The third-order valence-corrected chi connectivity index (χ3v) is 4.85. The summed E-state index contributed by atoms with van der Waals surface area (Å²) < 4.78 is 7.89. The molecular formula is C18H16BrIN2O2. The maximum Gasteiger partial charge on any atom is 0.229 e. The van der Waals surface area contributed by atoms with E-state index in [1.54, 1.807) is 0 Å². The Labute approximate surface area is 162 Å². The van der Waals surface area contributed by atoms with Crippen molar-refractivity contribution in [3.63, 3.8) is 0 Å². The van der Waals surface area contributed by atoms with Gasteiger partial charge < -0.3 is 9.73 Å². The summed E-state index contributed by atoms with van der Waals surface area (Å²) in [5.74, 6) is 0.514. The fraction of sp³-hybridized carbons (Fsp3) is 0.222. The number of aromatic nitrogens is 1. The maximum absolute atomic E-state index is 12.1. The van der Waals surface area contributed by atoms with Gasteiger partial charge in [-0.05, 0) is 74.9 Å². The van der Waals surface area contributed by atoms with Gasteiger partial charge in [0.05, 0.1) is 5.56 Å². The van der Waals surface area contributed by atoms with Crippen molar-refractivity contribution in [3.8, 4) is 11.5 Å². The van der Waals surface area contributed by atoms with Crippen LogP contribution < -0.4 is 5.32 Å². The lowest BCUT2D eigenvalue weighted by Gasteiger charge is -2.17. The Morgan fingerprint density at radius 3 is 2.67 bits per heavy atom. The van der Waals surface area contributed by atoms with Gasteiger partial charge in [0, 0.05) is 19.1 Å². The molecule has 1 amide bonds. The number of fused-ring (bicyclic) bond motifs is 1. The number of benzene rings is 2. The van der Waals surface area contributed by atoms with Gasteiger partial charge in [0.2, 0.25) is 11.8 Å². The highest BCUT2D eigenvalue weighted by molar-refractivity contribution is 14.1. The monoisotopic (exact) mass is 498 g/mol. The molecule has 2 aromatic carbocycles. The summed E-state index contributed by atoms with van der Waals surface area (Å²) in [4.78, 5) is 16.7. The summed E-state index contributed by atoms with van der Waals surface area (Å²) in [6.45, 7) is 5.64. The molecule has 0 saturated heterocycles. The van der Waals surface area contributed by atoms with E-state index in [1.807, 2.05) is 57.2 Å². The lowest BCUT2D eigenvalue weighted by atomic mass is 9.95. The zero-order valence-corrected chi connectivity index (χ0v) is 17.2. The first-order valence-corrected chi connectivity index (χ1v) is 9.29. The lowest BCUT2D eigenvalue weighted by Crippen LogP contribution is -2.27. The predicted octanol–water partition coefficient (Wildman–Crippen LogP) is 5.85. The SMILES string of the molecule is CC(C)(C)C(=O)Nc1ccc2oc(-c3cc(I)ccc3Br)nc2c1. The van der Waals surface area contributed by atoms with Crippen LogP contribution in [0.5, 0.6) is 0 Å². The molecule has 0 unspecified atom stereocenters. The minimum atomic E-state index is -0.449. The number of anilines is 1. The Kier molecular flexibility index (Phi) is 4.70. The van der Waals surface area contributed by atoms with Crippen LogP contribution in [0, 0.1) is 8.99 Å². The Morgan fingerprint density at radius 2 is 1.96 bits per heavy atom. The topological polar surface area (TPSA) is 55.1 Å². The van der Waals surface area contributed by atoms with Crippen molar-refractivity contribution in [3.05, 3.63) is 44.4 Å². The van der Waals surface area contributed by atoms with Crippen LogP contribution in [0.2, 0.25) is 0 Å². The molecule has 0 bridgehead atoms. The van der Waals surface area contributed by atoms with Gasteiger partial charge >= 0.3 is 0 Å². The highest BCUT2D eigenvalue weighted by atomic mass is 127. The second kappa shape index (κ2) is 6.48. The van der Waals surface area contributed by atoms with E-state index in [2.05, 4.69) is 48.8 Å². The second-order valence-corrected chi connectivity index (χ2v) is 8.63. The summed E-state index contributed by atoms with van der Waals surface area (Å²) in [5, 5.41) is 2.91. The Morgan fingerprint density at radius 1 is 1.21 bits per heavy atom. The van der Waals surface area contributed by atoms with Crippen LogP contribution in [0.3, 0.4) is 0 Å². The van der Waals surface area contributed by atoms with E-state index in [0.717, 1.165) is 13.6 Å². The zero-order valence-electron chi connectivity index (χ0n) is 13.5. The lowest BCUT2D eigenvalue weighted by molar-refractivity contribution is -0.123. The van der Waals surface area contributed by atoms with Crippen LogP contribution in [-0.2, 0) is 4.79 Å². The van der Waals surface area contributed by atoms with E-state index in [9.17, 15) is 4.79 Å². The van der Waals surface area contributed by atoms with Gasteiger partial charge in [-0.25, -0.2) is 4.98 Å². The van der Waals surface area contributed by atoms with Crippen LogP contribution in [0.4, 0.5) is 5.69 Å². The van der Waals surface area contributed by atoms with E-state index in [4.69, 9.17) is 4.42 Å². The highest BCUT2D eigenvalue weighted by Gasteiger charge is 2.21. The molecule has 1 aromatic heterocycles. The van der Waals surface area contributed by atoms with Crippen LogP contribution in [0.25, 0.3) is 22.6 Å².